The van der Waals surface area contributed by atoms with Gasteiger partial charge in [0.15, 0.2) is 0 Å². The monoisotopic (exact) mass is 307 g/mol. The number of nitrogens with one attached hydrogen (secondary N) is 1. The Balaban J connectivity index is 2.71. The maximum atomic E-state index is 13.6. The van der Waals surface area contributed by atoms with E-state index in [2.05, 4.69) is 21.2 Å². The molecule has 0 saturated heterocycles. The predicted octanol–water partition coefficient (Wildman–Crippen LogP) is 3.24. The molecule has 0 fully saturated rings. The topological polar surface area (TPSA) is 21.3 Å². The van der Waals surface area contributed by atoms with E-state index < -0.39 is 11.6 Å². The van der Waals surface area contributed by atoms with Crippen LogP contribution < -0.4 is 5.32 Å². The number of benzene rings is 1. The van der Waals surface area contributed by atoms with Crippen LogP contribution in [-0.2, 0) is 11.3 Å². The van der Waals surface area contributed by atoms with Crippen LogP contribution in [0.15, 0.2) is 16.6 Å². The summed E-state index contributed by atoms with van der Waals surface area (Å²) < 4.78 is 32.4. The molecule has 0 saturated carbocycles. The average molecular weight is 308 g/mol. The first-order valence-electron chi connectivity index (χ1n) is 5.44. The zero-order chi connectivity index (χ0) is 12.8. The van der Waals surface area contributed by atoms with Crippen LogP contribution in [0.25, 0.3) is 0 Å². The maximum absolute atomic E-state index is 13.6. The lowest BCUT2D eigenvalue weighted by Gasteiger charge is -2.16. The van der Waals surface area contributed by atoms with Crippen LogP contribution >= 0.6 is 15.9 Å². The first-order valence-corrected chi connectivity index (χ1v) is 6.24. The molecule has 0 bridgehead atoms. The Morgan fingerprint density at radius 1 is 1.41 bits per heavy atom. The summed E-state index contributed by atoms with van der Waals surface area (Å²) in [6.07, 6.45) is 0.838. The molecule has 2 nitrogen and oxygen atoms in total. The van der Waals surface area contributed by atoms with E-state index in [9.17, 15) is 8.78 Å². The van der Waals surface area contributed by atoms with E-state index in [1.807, 2.05) is 6.92 Å². The third-order valence-electron chi connectivity index (χ3n) is 2.57. The van der Waals surface area contributed by atoms with Gasteiger partial charge in [0.1, 0.15) is 11.6 Å². The third kappa shape index (κ3) is 4.01. The second-order valence-electron chi connectivity index (χ2n) is 3.76. The number of rotatable bonds is 6. The standard InChI is InChI=1S/C12H16BrF2NO/c1-3-8(7-17-2)16-6-9-11(14)5-4-10(13)12(9)15/h4-5,8,16H,3,6-7H2,1-2H3. The van der Waals surface area contributed by atoms with E-state index in [0.717, 1.165) is 6.42 Å². The first kappa shape index (κ1) is 14.5. The zero-order valence-electron chi connectivity index (χ0n) is 9.90. The largest absolute Gasteiger partial charge is 0.383 e. The van der Waals surface area contributed by atoms with E-state index in [1.54, 1.807) is 7.11 Å². The summed E-state index contributed by atoms with van der Waals surface area (Å²) in [5, 5.41) is 3.07. The minimum absolute atomic E-state index is 0.0499. The van der Waals surface area contributed by atoms with Crippen LogP contribution in [-0.4, -0.2) is 19.8 Å². The molecule has 0 aliphatic rings. The molecule has 0 aliphatic carbocycles. The van der Waals surface area contributed by atoms with Crippen LogP contribution in [0.3, 0.4) is 0 Å². The van der Waals surface area contributed by atoms with Crippen molar-refractivity contribution in [2.45, 2.75) is 25.9 Å². The minimum atomic E-state index is -0.551. The zero-order valence-corrected chi connectivity index (χ0v) is 11.5. The van der Waals surface area contributed by atoms with Crippen LogP contribution in [0.5, 0.6) is 0 Å². The molecule has 1 N–H and O–H groups in total. The number of methoxy groups -OCH3 is 1. The Kier molecular flexibility index (Phi) is 6.02. The van der Waals surface area contributed by atoms with Crippen molar-refractivity contribution in [2.24, 2.45) is 0 Å². The highest BCUT2D eigenvalue weighted by atomic mass is 79.9. The van der Waals surface area contributed by atoms with Crippen molar-refractivity contribution < 1.29 is 13.5 Å². The van der Waals surface area contributed by atoms with Gasteiger partial charge in [-0.25, -0.2) is 8.78 Å². The molecule has 0 spiro atoms. The smallest absolute Gasteiger partial charge is 0.144 e. The van der Waals surface area contributed by atoms with E-state index in [0.29, 0.717) is 6.61 Å². The number of ether oxygens (including phenoxy) is 1. The second kappa shape index (κ2) is 7.03. The molecule has 17 heavy (non-hydrogen) atoms. The first-order chi connectivity index (χ1) is 8.10. The van der Waals surface area contributed by atoms with Gasteiger partial charge in [0.25, 0.3) is 0 Å². The summed E-state index contributed by atoms with van der Waals surface area (Å²) in [6, 6.07) is 2.71. The Bertz CT molecular complexity index is 374. The van der Waals surface area contributed by atoms with E-state index in [4.69, 9.17) is 4.74 Å². The highest BCUT2D eigenvalue weighted by molar-refractivity contribution is 9.10. The van der Waals surface area contributed by atoms with Gasteiger partial charge in [0, 0.05) is 25.3 Å². The Labute approximate surface area is 108 Å². The van der Waals surface area contributed by atoms with Crippen molar-refractivity contribution >= 4 is 15.9 Å². The normalized spacial score (nSPS) is 12.8. The summed E-state index contributed by atoms with van der Waals surface area (Å²) in [5.74, 6) is -1.09. The fraction of sp³-hybridized carbons (Fsp3) is 0.500. The van der Waals surface area contributed by atoms with Crippen LogP contribution in [0, 0.1) is 11.6 Å². The molecule has 1 aromatic carbocycles. The SMILES string of the molecule is CCC(COC)NCc1c(F)ccc(Br)c1F. The third-order valence-corrected chi connectivity index (χ3v) is 3.18. The highest BCUT2D eigenvalue weighted by Crippen LogP contribution is 2.21. The molecular formula is C12H16BrF2NO. The molecule has 1 unspecified atom stereocenters. The van der Waals surface area contributed by atoms with Gasteiger partial charge >= 0.3 is 0 Å². The van der Waals surface area contributed by atoms with Gasteiger partial charge in [-0.2, -0.15) is 0 Å². The molecule has 0 heterocycles. The van der Waals surface area contributed by atoms with Crippen molar-refractivity contribution in [1.82, 2.24) is 5.32 Å². The molecule has 0 radical (unpaired) electrons. The summed E-state index contributed by atoms with van der Waals surface area (Å²) in [5.41, 5.74) is 0.0499. The van der Waals surface area contributed by atoms with Crippen molar-refractivity contribution in [3.63, 3.8) is 0 Å². The fourth-order valence-electron chi connectivity index (χ4n) is 1.50. The molecule has 0 amide bonds. The molecule has 0 aliphatic heterocycles. The van der Waals surface area contributed by atoms with E-state index in [-0.39, 0.29) is 22.6 Å². The van der Waals surface area contributed by atoms with Gasteiger partial charge < -0.3 is 10.1 Å². The van der Waals surface area contributed by atoms with Crippen LogP contribution in [0.1, 0.15) is 18.9 Å². The van der Waals surface area contributed by atoms with Crippen molar-refractivity contribution in [2.75, 3.05) is 13.7 Å². The summed E-state index contributed by atoms with van der Waals surface area (Å²) >= 11 is 3.04. The minimum Gasteiger partial charge on any atom is -0.383 e. The quantitative estimate of drug-likeness (QED) is 0.815. The van der Waals surface area contributed by atoms with Gasteiger partial charge in [-0.15, -0.1) is 0 Å². The van der Waals surface area contributed by atoms with E-state index >= 15 is 0 Å². The van der Waals surface area contributed by atoms with Gasteiger partial charge in [-0.1, -0.05) is 6.92 Å². The summed E-state index contributed by atoms with van der Waals surface area (Å²) in [7, 11) is 1.60. The predicted molar refractivity (Wildman–Crippen MR) is 66.9 cm³/mol. The maximum Gasteiger partial charge on any atom is 0.144 e. The van der Waals surface area contributed by atoms with Crippen molar-refractivity contribution in [3.8, 4) is 0 Å². The number of hydrogen-bond donors (Lipinski definition) is 1. The molecule has 1 rings (SSSR count). The highest BCUT2D eigenvalue weighted by Gasteiger charge is 2.13. The molecular weight excluding hydrogens is 292 g/mol. The van der Waals surface area contributed by atoms with Crippen molar-refractivity contribution in [1.29, 1.82) is 0 Å². The lowest BCUT2D eigenvalue weighted by Crippen LogP contribution is -2.32. The van der Waals surface area contributed by atoms with Crippen LogP contribution in [0.2, 0.25) is 0 Å². The van der Waals surface area contributed by atoms with Gasteiger partial charge in [-0.3, -0.25) is 0 Å². The number of halogens is 3. The Hall–Kier alpha value is -0.520. The van der Waals surface area contributed by atoms with Gasteiger partial charge in [0.2, 0.25) is 0 Å². The van der Waals surface area contributed by atoms with E-state index in [1.165, 1.54) is 12.1 Å². The molecule has 0 aromatic heterocycles. The summed E-state index contributed by atoms with van der Waals surface area (Å²) in [4.78, 5) is 0. The van der Waals surface area contributed by atoms with Crippen molar-refractivity contribution in [3.05, 3.63) is 33.8 Å². The summed E-state index contributed by atoms with van der Waals surface area (Å²) in [6.45, 7) is 2.66. The van der Waals surface area contributed by atoms with Crippen LogP contribution in [0.4, 0.5) is 8.78 Å². The van der Waals surface area contributed by atoms with Gasteiger partial charge in [0.05, 0.1) is 11.1 Å². The molecule has 1 aromatic rings. The van der Waals surface area contributed by atoms with Gasteiger partial charge in [-0.05, 0) is 34.5 Å². The lowest BCUT2D eigenvalue weighted by atomic mass is 10.1. The molecule has 5 heteroatoms. The number of hydrogen-bond acceptors (Lipinski definition) is 2. The molecule has 96 valence electrons. The fourth-order valence-corrected chi connectivity index (χ4v) is 1.87. The Morgan fingerprint density at radius 3 is 2.71 bits per heavy atom. The molecule has 1 atom stereocenters. The lowest BCUT2D eigenvalue weighted by molar-refractivity contribution is 0.163. The second-order valence-corrected chi connectivity index (χ2v) is 4.62. The average Bonchev–Trinajstić information content (AvgIpc) is 2.32. The Morgan fingerprint density at radius 2 is 2.12 bits per heavy atom.